The number of hydrazine groups is 1. The molecular formula is C7H10N4O. The molecule has 0 aromatic carbocycles. The maximum absolute atomic E-state index is 8.48. The smallest absolute Gasteiger partial charge is 0.148 e. The molecule has 0 bridgehead atoms. The Hall–Kier alpha value is -1.33. The first-order chi connectivity index (χ1) is 5.92. The standard InChI is InChI=1S/C7H10N4O/c12-10-4-6-2-1-3-11-7(6)8-5-9-11/h1-2,4,9-10,12H,3,5H2. The first-order valence-corrected chi connectivity index (χ1v) is 3.74. The lowest BCUT2D eigenvalue weighted by Crippen LogP contribution is -2.39. The molecule has 64 valence electrons. The molecule has 3 N–H and O–H groups in total. The fourth-order valence-corrected chi connectivity index (χ4v) is 1.30. The average molecular weight is 166 g/mol. The van der Waals surface area contributed by atoms with Gasteiger partial charge in [-0.2, -0.15) is 0 Å². The highest BCUT2D eigenvalue weighted by molar-refractivity contribution is 6.02. The molecule has 0 aromatic heterocycles. The second-order valence-corrected chi connectivity index (χ2v) is 2.54. The molecule has 0 fully saturated rings. The van der Waals surface area contributed by atoms with Crippen LogP contribution in [-0.2, 0) is 0 Å². The van der Waals surface area contributed by atoms with Gasteiger partial charge in [0.15, 0.2) is 0 Å². The third-order valence-electron chi connectivity index (χ3n) is 1.81. The van der Waals surface area contributed by atoms with Crippen molar-refractivity contribution < 1.29 is 5.21 Å². The molecule has 2 rings (SSSR count). The van der Waals surface area contributed by atoms with Crippen LogP contribution in [0.25, 0.3) is 0 Å². The SMILES string of the molecule is ONC=C1C=CCN2NCN=C12. The number of nitrogens with zero attached hydrogens (tertiary/aromatic N) is 2. The number of rotatable bonds is 1. The van der Waals surface area contributed by atoms with Crippen LogP contribution in [0, 0.1) is 0 Å². The van der Waals surface area contributed by atoms with Crippen LogP contribution in [0.2, 0.25) is 0 Å². The zero-order valence-corrected chi connectivity index (χ0v) is 6.49. The van der Waals surface area contributed by atoms with E-state index in [1.165, 1.54) is 6.20 Å². The second-order valence-electron chi connectivity index (χ2n) is 2.54. The Bertz CT molecular complexity index is 269. The summed E-state index contributed by atoms with van der Waals surface area (Å²) in [5.41, 5.74) is 5.96. The van der Waals surface area contributed by atoms with Crippen LogP contribution in [0.3, 0.4) is 0 Å². The molecule has 0 atom stereocenters. The van der Waals surface area contributed by atoms with E-state index in [9.17, 15) is 0 Å². The fraction of sp³-hybridized carbons (Fsp3) is 0.286. The van der Waals surface area contributed by atoms with Crippen LogP contribution in [-0.4, -0.2) is 29.3 Å². The molecule has 0 aliphatic carbocycles. The molecule has 2 aliphatic heterocycles. The Balaban J connectivity index is 2.28. The van der Waals surface area contributed by atoms with Crippen molar-refractivity contribution in [3.05, 3.63) is 23.9 Å². The van der Waals surface area contributed by atoms with E-state index in [1.807, 2.05) is 22.6 Å². The molecule has 0 saturated heterocycles. The highest BCUT2D eigenvalue weighted by Gasteiger charge is 2.20. The molecule has 0 spiro atoms. The first-order valence-electron chi connectivity index (χ1n) is 3.74. The van der Waals surface area contributed by atoms with Gasteiger partial charge in [-0.25, -0.2) is 10.4 Å². The topological polar surface area (TPSA) is 59.9 Å². The number of amidine groups is 1. The third-order valence-corrected chi connectivity index (χ3v) is 1.81. The Labute approximate surface area is 70.0 Å². The largest absolute Gasteiger partial charge is 0.292 e. The minimum Gasteiger partial charge on any atom is -0.292 e. The van der Waals surface area contributed by atoms with Gasteiger partial charge < -0.3 is 0 Å². The summed E-state index contributed by atoms with van der Waals surface area (Å²) in [6, 6.07) is 0. The van der Waals surface area contributed by atoms with Crippen molar-refractivity contribution >= 4 is 5.84 Å². The van der Waals surface area contributed by atoms with Crippen LogP contribution in [0.1, 0.15) is 0 Å². The summed E-state index contributed by atoms with van der Waals surface area (Å²) in [4.78, 5) is 4.22. The summed E-state index contributed by atoms with van der Waals surface area (Å²) in [6.07, 6.45) is 5.43. The van der Waals surface area contributed by atoms with Crippen molar-refractivity contribution in [3.63, 3.8) is 0 Å². The minimum atomic E-state index is 0.611. The molecule has 2 heterocycles. The van der Waals surface area contributed by atoms with Crippen LogP contribution in [0.15, 0.2) is 28.9 Å². The van der Waals surface area contributed by atoms with Gasteiger partial charge in [-0.15, -0.1) is 0 Å². The number of hydrogen-bond acceptors (Lipinski definition) is 5. The van der Waals surface area contributed by atoms with E-state index in [1.54, 1.807) is 0 Å². The normalized spacial score (nSPS) is 24.2. The molecule has 0 unspecified atom stereocenters. The Morgan fingerprint density at radius 2 is 2.67 bits per heavy atom. The zero-order chi connectivity index (χ0) is 8.39. The van der Waals surface area contributed by atoms with Crippen LogP contribution < -0.4 is 10.9 Å². The lowest BCUT2D eigenvalue weighted by atomic mass is 10.2. The van der Waals surface area contributed by atoms with Gasteiger partial charge in [-0.1, -0.05) is 12.2 Å². The third kappa shape index (κ3) is 1.09. The quantitative estimate of drug-likeness (QED) is 0.464. The maximum Gasteiger partial charge on any atom is 0.148 e. The van der Waals surface area contributed by atoms with Crippen molar-refractivity contribution in [3.8, 4) is 0 Å². The van der Waals surface area contributed by atoms with Gasteiger partial charge in [-0.3, -0.25) is 15.7 Å². The Morgan fingerprint density at radius 3 is 3.50 bits per heavy atom. The molecule has 0 radical (unpaired) electrons. The summed E-state index contributed by atoms with van der Waals surface area (Å²) in [5.74, 6) is 0.874. The lowest BCUT2D eigenvalue weighted by molar-refractivity contribution is 0.214. The van der Waals surface area contributed by atoms with Crippen molar-refractivity contribution in [2.75, 3.05) is 13.2 Å². The van der Waals surface area contributed by atoms with Crippen molar-refractivity contribution in [2.45, 2.75) is 0 Å². The number of aliphatic imine (C=N–C) groups is 1. The van der Waals surface area contributed by atoms with E-state index < -0.39 is 0 Å². The Kier molecular flexibility index (Phi) is 1.81. The van der Waals surface area contributed by atoms with Gasteiger partial charge in [0.05, 0.1) is 6.54 Å². The van der Waals surface area contributed by atoms with Crippen LogP contribution in [0.5, 0.6) is 0 Å². The summed E-state index contributed by atoms with van der Waals surface area (Å²) in [6.45, 7) is 1.43. The second kappa shape index (κ2) is 2.96. The van der Waals surface area contributed by atoms with Crippen molar-refractivity contribution in [2.24, 2.45) is 4.99 Å². The average Bonchev–Trinajstić information content (AvgIpc) is 2.53. The molecule has 5 heteroatoms. The van der Waals surface area contributed by atoms with E-state index in [0.717, 1.165) is 18.0 Å². The molecule has 12 heavy (non-hydrogen) atoms. The predicted octanol–water partition coefficient (Wildman–Crippen LogP) is -0.405. The van der Waals surface area contributed by atoms with Crippen molar-refractivity contribution in [1.82, 2.24) is 15.9 Å². The van der Waals surface area contributed by atoms with E-state index in [0.29, 0.717) is 6.67 Å². The van der Waals surface area contributed by atoms with Gasteiger partial charge in [0.1, 0.15) is 12.5 Å². The molecule has 0 saturated carbocycles. The summed E-state index contributed by atoms with van der Waals surface area (Å²) < 4.78 is 0. The number of hydrogen-bond donors (Lipinski definition) is 3. The molecule has 2 aliphatic rings. The predicted molar refractivity (Wildman–Crippen MR) is 44.3 cm³/mol. The van der Waals surface area contributed by atoms with E-state index in [2.05, 4.69) is 10.4 Å². The summed E-state index contributed by atoms with van der Waals surface area (Å²) >= 11 is 0. The summed E-state index contributed by atoms with van der Waals surface area (Å²) in [5, 5.41) is 10.4. The lowest BCUT2D eigenvalue weighted by Gasteiger charge is -2.22. The fourth-order valence-electron chi connectivity index (χ4n) is 1.30. The van der Waals surface area contributed by atoms with Gasteiger partial charge in [0.2, 0.25) is 0 Å². The number of nitrogens with one attached hydrogen (secondary N) is 2. The molecule has 0 amide bonds. The van der Waals surface area contributed by atoms with E-state index in [4.69, 9.17) is 5.21 Å². The van der Waals surface area contributed by atoms with E-state index in [-0.39, 0.29) is 0 Å². The zero-order valence-electron chi connectivity index (χ0n) is 6.49. The van der Waals surface area contributed by atoms with Crippen LogP contribution >= 0.6 is 0 Å². The maximum atomic E-state index is 8.48. The van der Waals surface area contributed by atoms with Gasteiger partial charge in [-0.05, 0) is 0 Å². The van der Waals surface area contributed by atoms with Gasteiger partial charge >= 0.3 is 0 Å². The minimum absolute atomic E-state index is 0.611. The van der Waals surface area contributed by atoms with E-state index >= 15 is 0 Å². The molecular weight excluding hydrogens is 156 g/mol. The first kappa shape index (κ1) is 7.33. The Morgan fingerprint density at radius 1 is 1.75 bits per heavy atom. The van der Waals surface area contributed by atoms with Crippen molar-refractivity contribution in [1.29, 1.82) is 0 Å². The molecule has 0 aromatic rings. The highest BCUT2D eigenvalue weighted by atomic mass is 16.5. The van der Waals surface area contributed by atoms with Crippen LogP contribution in [0.4, 0.5) is 0 Å². The monoisotopic (exact) mass is 166 g/mol. The highest BCUT2D eigenvalue weighted by Crippen LogP contribution is 2.12. The number of fused-ring (bicyclic) bond motifs is 1. The molecule has 5 nitrogen and oxygen atoms in total. The number of hydroxylamine groups is 1. The van der Waals surface area contributed by atoms with Gasteiger partial charge in [0.25, 0.3) is 0 Å². The summed E-state index contributed by atoms with van der Waals surface area (Å²) in [7, 11) is 0. The van der Waals surface area contributed by atoms with Gasteiger partial charge in [0, 0.05) is 11.8 Å².